The van der Waals surface area contributed by atoms with Crippen LogP contribution in [0.1, 0.15) is 36.1 Å². The van der Waals surface area contributed by atoms with Crippen molar-refractivity contribution in [1.29, 1.82) is 0 Å². The van der Waals surface area contributed by atoms with Gasteiger partial charge in [0.15, 0.2) is 7.60 Å². The summed E-state index contributed by atoms with van der Waals surface area (Å²) in [5.41, 5.74) is 1.09. The maximum absolute atomic E-state index is 13.6. The molecule has 0 saturated heterocycles. The fourth-order valence-electron chi connectivity index (χ4n) is 8.71. The summed E-state index contributed by atoms with van der Waals surface area (Å²) in [4.78, 5) is 83.9. The van der Waals surface area contributed by atoms with Gasteiger partial charge >= 0.3 is 59.1 Å². The van der Waals surface area contributed by atoms with Gasteiger partial charge in [-0.1, -0.05) is 60.7 Å². The summed E-state index contributed by atoms with van der Waals surface area (Å²) < 4.78 is 19.4. The molecule has 0 saturated carbocycles. The molecule has 6 aromatic carbocycles. The van der Waals surface area contributed by atoms with Crippen LogP contribution in [-0.2, 0) is 14.7 Å². The minimum atomic E-state index is -5.77. The Bertz CT molecular complexity index is 3670. The summed E-state index contributed by atoms with van der Waals surface area (Å²) >= 11 is 0. The molecule has 0 aliphatic carbocycles. The van der Waals surface area contributed by atoms with Crippen LogP contribution in [0.15, 0.2) is 171 Å². The van der Waals surface area contributed by atoms with Crippen LogP contribution >= 0.6 is 7.60 Å². The first-order chi connectivity index (χ1) is 34.4. The molecule has 8 aromatic rings. The number of allylic oxidation sites excluding steroid dienone is 2. The van der Waals surface area contributed by atoms with E-state index in [1.54, 1.807) is 97.1 Å². The van der Waals surface area contributed by atoms with Gasteiger partial charge < -0.3 is 43.5 Å². The molecule has 2 aromatic heterocycles. The number of hydrogen-bond donors (Lipinski definition) is 4. The summed E-state index contributed by atoms with van der Waals surface area (Å²) in [7, 11) is 1.80. The fraction of sp³-hybridized carbons (Fsp3) is 0.167. The molecule has 4 N–H and O–H groups in total. The molecule has 2 heterocycles. The largest absolute Gasteiger partial charge is 1.00 e. The molecule has 0 bridgehead atoms. The van der Waals surface area contributed by atoms with E-state index in [1.807, 2.05) is 110 Å². The Balaban J connectivity index is 0.00000446. The zero-order chi connectivity index (χ0) is 51.5. The predicted molar refractivity (Wildman–Crippen MR) is 281 cm³/mol. The van der Waals surface area contributed by atoms with Crippen molar-refractivity contribution in [3.63, 3.8) is 0 Å². The van der Waals surface area contributed by atoms with Crippen molar-refractivity contribution in [2.24, 2.45) is 0 Å². The third-order valence-corrected chi connectivity index (χ3v) is 13.5. The van der Waals surface area contributed by atoms with Gasteiger partial charge in [0.2, 0.25) is 0 Å². The molecule has 368 valence electrons. The quantitative estimate of drug-likeness (QED) is 0.0569. The summed E-state index contributed by atoms with van der Waals surface area (Å²) in [5, 5.41) is 22.7. The van der Waals surface area contributed by atoms with E-state index in [0.29, 0.717) is 30.2 Å². The molecule has 0 spiro atoms. The Morgan fingerprint density at radius 2 is 0.878 bits per heavy atom. The topological polar surface area (TPSA) is 234 Å². The fourth-order valence-corrected chi connectivity index (χ4v) is 9.44. The number of H-pyrrole nitrogens is 4. The van der Waals surface area contributed by atoms with Gasteiger partial charge in [0.05, 0.1) is 21.5 Å². The monoisotopic (exact) mass is 1030 g/mol. The Kier molecular flexibility index (Phi) is 18.3. The van der Waals surface area contributed by atoms with Crippen LogP contribution in [0.5, 0.6) is 0 Å². The summed E-state index contributed by atoms with van der Waals surface area (Å²) in [5.74, 6) is 0. The second kappa shape index (κ2) is 23.8. The number of benzene rings is 6. The van der Waals surface area contributed by atoms with Crippen molar-refractivity contribution < 1.29 is 83.0 Å². The van der Waals surface area contributed by atoms with Gasteiger partial charge in [0.1, 0.15) is 11.3 Å². The molecule has 8 rings (SSSR count). The van der Waals surface area contributed by atoms with Gasteiger partial charge in [-0.3, -0.25) is 39.6 Å². The molecule has 2 atom stereocenters. The molecular weight excluding hydrogens is 982 g/mol. The number of carbonyl (C=O) groups is 1. The molecule has 0 amide bonds. The number of aromatic nitrogens is 4. The minimum absolute atomic E-state index is 0. The third kappa shape index (κ3) is 11.7. The molecule has 0 aliphatic rings. The molecule has 20 heteroatoms. The number of carboxylic acid groups (broad SMARTS) is 1. The smallest absolute Gasteiger partial charge is 0.774 e. The number of nitrogens with one attached hydrogen (secondary N) is 4. The average molecular weight is 1030 g/mol. The third-order valence-electron chi connectivity index (χ3n) is 12.5. The number of nitrogens with zero attached hydrogens (tertiary/aromatic N) is 4. The van der Waals surface area contributed by atoms with Gasteiger partial charge in [-0.25, -0.2) is 0 Å². The van der Waals surface area contributed by atoms with Crippen molar-refractivity contribution in [2.45, 2.75) is 19.4 Å². The van der Waals surface area contributed by atoms with Crippen molar-refractivity contribution in [3.8, 4) is 0 Å². The van der Waals surface area contributed by atoms with E-state index in [-0.39, 0.29) is 91.8 Å². The van der Waals surface area contributed by atoms with Crippen LogP contribution in [-0.4, -0.2) is 67.4 Å². The minimum Gasteiger partial charge on any atom is -0.774 e. The van der Waals surface area contributed by atoms with Gasteiger partial charge in [0.25, 0.3) is 22.2 Å². The zero-order valence-electron chi connectivity index (χ0n) is 42.3. The molecule has 0 radical (unpaired) electrons. The van der Waals surface area contributed by atoms with Crippen LogP contribution in [0.2, 0.25) is 0 Å². The van der Waals surface area contributed by atoms with E-state index in [4.69, 9.17) is 4.52 Å². The van der Waals surface area contributed by atoms with Crippen molar-refractivity contribution in [1.82, 2.24) is 20.4 Å². The number of aromatic amines is 4. The van der Waals surface area contributed by atoms with Crippen LogP contribution in [0.4, 0.5) is 38.9 Å². The standard InChI is InChI=1S/C54H53N8O9P.2Na/c1-7-61(42-27-29-45-47(32-42)51(65)57-55-49(45)63)40-21-13-35(14-22-40)44(34-11-19-38(20-12-34)59(3)4)10-9-31-54(71-72(69,70)53(67)68,36-15-23-39(24-16-36)60(5)6)37-17-25-41(26-18-37)62(8-2)43-28-30-46-48(33-43)52(66)58-56-50(46)64;;/h9-33H,7-8H2,1-6H3,(H,55,63)(H,56,64)(H,57,65)(H,58,66)(H,67,68)(H,69,70);;/q;2*+1/p-2/b31-9+,44-10+;;. The van der Waals surface area contributed by atoms with Crippen LogP contribution in [0.3, 0.4) is 0 Å². The predicted octanol–water partition coefficient (Wildman–Crippen LogP) is 1.05. The second-order valence-corrected chi connectivity index (χ2v) is 18.8. The Morgan fingerprint density at radius 3 is 1.24 bits per heavy atom. The van der Waals surface area contributed by atoms with E-state index >= 15 is 0 Å². The van der Waals surface area contributed by atoms with Crippen LogP contribution < -0.4 is 111 Å². The first-order valence-electron chi connectivity index (χ1n) is 22.9. The van der Waals surface area contributed by atoms with E-state index < -0.39 is 41.1 Å². The Labute approximate surface area is 469 Å². The molecule has 0 fully saturated rings. The summed E-state index contributed by atoms with van der Waals surface area (Å²) in [6.45, 7) is 4.83. The number of carbonyl (C=O) groups excluding carboxylic acids is 1. The number of hydrogen-bond acceptors (Lipinski definition) is 13. The van der Waals surface area contributed by atoms with Gasteiger partial charge in [-0.2, -0.15) is 0 Å². The molecule has 17 nitrogen and oxygen atoms in total. The van der Waals surface area contributed by atoms with E-state index in [9.17, 15) is 38.5 Å². The van der Waals surface area contributed by atoms with Crippen LogP contribution in [0, 0.1) is 0 Å². The van der Waals surface area contributed by atoms with Crippen molar-refractivity contribution >= 4 is 74.5 Å². The zero-order valence-corrected chi connectivity index (χ0v) is 47.2. The molecule has 74 heavy (non-hydrogen) atoms. The Hall–Kier alpha value is -6.50. The number of fused-ring (bicyclic) bond motifs is 2. The first-order valence-corrected chi connectivity index (χ1v) is 24.4. The molecule has 2 unspecified atom stereocenters. The van der Waals surface area contributed by atoms with E-state index in [2.05, 4.69) is 20.4 Å². The summed E-state index contributed by atoms with van der Waals surface area (Å²) in [6, 6.07) is 39.2. The average Bonchev–Trinajstić information content (AvgIpc) is 3.38. The molecule has 0 aliphatic heterocycles. The van der Waals surface area contributed by atoms with Crippen molar-refractivity contribution in [2.75, 3.05) is 60.9 Å². The van der Waals surface area contributed by atoms with Gasteiger partial charge in [-0.05, 0) is 133 Å². The normalized spacial score (nSPS) is 13.1. The first kappa shape index (κ1) is 56.8. The maximum atomic E-state index is 13.6. The number of rotatable bonds is 17. The van der Waals surface area contributed by atoms with Gasteiger partial charge in [0, 0.05) is 75.4 Å². The summed E-state index contributed by atoms with van der Waals surface area (Å²) in [6.07, 6.45) is 4.93. The van der Waals surface area contributed by atoms with E-state index in [1.165, 1.54) is 6.08 Å². The Morgan fingerprint density at radius 1 is 0.541 bits per heavy atom. The van der Waals surface area contributed by atoms with Crippen molar-refractivity contribution in [3.05, 3.63) is 215 Å². The molecular formula is C54H51N8Na2O9P. The van der Waals surface area contributed by atoms with E-state index in [0.717, 1.165) is 33.8 Å². The maximum Gasteiger partial charge on any atom is 1.00 e. The van der Waals surface area contributed by atoms with Gasteiger partial charge in [-0.15, -0.1) is 0 Å². The van der Waals surface area contributed by atoms with Crippen LogP contribution in [0.25, 0.3) is 27.1 Å². The second-order valence-electron chi connectivity index (χ2n) is 17.3. The SMILES string of the molecule is CCN(c1ccc(/C(=C/C=C/C(OP(=O)([O-])C(=O)[O-])(c2ccc(N(C)C)cc2)c2ccc(N(CC)c3ccc4c(=O)[nH][nH]c(=O)c4c3)cc2)c2ccc(N(C)C)cc2)cc1)c1ccc2c(=O)[nH][nH]c(=O)c2c1.[Na+].[Na+]. The number of anilines is 6.